The second-order valence-electron chi connectivity index (χ2n) is 0.697. The molecule has 0 bridgehead atoms. The van der Waals surface area contributed by atoms with E-state index in [2.05, 4.69) is 13.7 Å². The standard InChI is InChI=1S/B3O3.Li/c1-4-2-6-3-5-1;. The summed E-state index contributed by atoms with van der Waals surface area (Å²) in [6.07, 6.45) is 0. The van der Waals surface area contributed by atoms with Gasteiger partial charge in [0.15, 0.2) is 0 Å². The van der Waals surface area contributed by atoms with Gasteiger partial charge in [-0.15, -0.1) is 0 Å². The minimum absolute atomic E-state index is 0. The SMILES string of the molecule is [B]1O[B]O[B]O1.[Li]. The van der Waals surface area contributed by atoms with Crippen LogP contribution in [0, 0.1) is 0 Å². The minimum Gasteiger partial charge on any atom is -0.457 e. The smallest absolute Gasteiger partial charge is 0.457 e. The van der Waals surface area contributed by atoms with E-state index in [-0.39, 0.29) is 18.9 Å². The van der Waals surface area contributed by atoms with Crippen LogP contribution in [0.5, 0.6) is 0 Å². The summed E-state index contributed by atoms with van der Waals surface area (Å²) in [6, 6.07) is 0. The number of rotatable bonds is 0. The van der Waals surface area contributed by atoms with Crippen LogP contribution in [0.25, 0.3) is 0 Å². The van der Waals surface area contributed by atoms with Gasteiger partial charge in [-0.25, -0.2) is 0 Å². The van der Waals surface area contributed by atoms with Crippen LogP contribution in [0.15, 0.2) is 0 Å². The molecule has 1 heterocycles. The van der Waals surface area contributed by atoms with Crippen molar-refractivity contribution in [1.82, 2.24) is 0 Å². The van der Waals surface area contributed by atoms with Gasteiger partial charge in [-0.1, -0.05) is 0 Å². The largest absolute Gasteiger partial charge is 0.457 e. The van der Waals surface area contributed by atoms with Gasteiger partial charge in [0.25, 0.3) is 0 Å². The van der Waals surface area contributed by atoms with Crippen molar-refractivity contribution in [2.45, 2.75) is 0 Å². The predicted octanol–water partition coefficient (Wildman–Crippen LogP) is -1.73. The summed E-state index contributed by atoms with van der Waals surface area (Å²) in [6.45, 7) is 0. The van der Waals surface area contributed by atoms with E-state index in [9.17, 15) is 0 Å². The van der Waals surface area contributed by atoms with Gasteiger partial charge in [0.05, 0.1) is 0 Å². The van der Waals surface area contributed by atoms with E-state index in [1.54, 1.807) is 0 Å². The minimum atomic E-state index is 0. The third-order valence-electron chi connectivity index (χ3n) is 0.333. The Bertz CT molecular complexity index is 25.7. The molecule has 0 spiro atoms. The van der Waals surface area contributed by atoms with Crippen molar-refractivity contribution in [3.63, 3.8) is 0 Å². The summed E-state index contributed by atoms with van der Waals surface area (Å²) < 4.78 is 13.0. The summed E-state index contributed by atoms with van der Waals surface area (Å²) in [4.78, 5) is 0. The van der Waals surface area contributed by atoms with Crippen molar-refractivity contribution in [3.05, 3.63) is 0 Å². The molecule has 7 heteroatoms. The zero-order valence-corrected chi connectivity index (χ0v) is 3.96. The number of hydrogen-bond donors (Lipinski definition) is 0. The van der Waals surface area contributed by atoms with Crippen LogP contribution >= 0.6 is 0 Å². The quantitative estimate of drug-likeness (QED) is 0.329. The second-order valence-corrected chi connectivity index (χ2v) is 0.697. The second kappa shape index (κ2) is 4.82. The van der Waals surface area contributed by atoms with Gasteiger partial charge in [0.2, 0.25) is 0 Å². The maximum Gasteiger partial charge on any atom is 0.457 e. The van der Waals surface area contributed by atoms with Gasteiger partial charge in [-0.3, -0.25) is 0 Å². The van der Waals surface area contributed by atoms with Crippen LogP contribution in [0.3, 0.4) is 0 Å². The van der Waals surface area contributed by atoms with E-state index in [0.29, 0.717) is 0 Å². The summed E-state index contributed by atoms with van der Waals surface area (Å²) in [5, 5.41) is 0. The Morgan fingerprint density at radius 3 is 1.14 bits per heavy atom. The Morgan fingerprint density at radius 2 is 1.00 bits per heavy atom. The van der Waals surface area contributed by atoms with Crippen molar-refractivity contribution < 1.29 is 13.7 Å². The van der Waals surface area contributed by atoms with E-state index in [1.165, 1.54) is 0 Å². The van der Waals surface area contributed by atoms with E-state index in [4.69, 9.17) is 0 Å². The van der Waals surface area contributed by atoms with Gasteiger partial charge in [0.1, 0.15) is 0 Å². The van der Waals surface area contributed by atoms with Crippen LogP contribution in [0.4, 0.5) is 0 Å². The molecule has 4 radical (unpaired) electrons. The van der Waals surface area contributed by atoms with Crippen molar-refractivity contribution in [2.24, 2.45) is 0 Å². The van der Waals surface area contributed by atoms with Gasteiger partial charge >= 0.3 is 23.1 Å². The summed E-state index contributed by atoms with van der Waals surface area (Å²) >= 11 is 0. The van der Waals surface area contributed by atoms with E-state index < -0.39 is 0 Å². The molecule has 7 heavy (non-hydrogen) atoms. The maximum atomic E-state index is 4.34. The zero-order valence-electron chi connectivity index (χ0n) is 3.96. The Balaban J connectivity index is 0.000000360. The Morgan fingerprint density at radius 1 is 0.714 bits per heavy atom. The summed E-state index contributed by atoms with van der Waals surface area (Å²) in [5.41, 5.74) is 0. The van der Waals surface area contributed by atoms with Crippen LogP contribution in [-0.2, 0) is 13.7 Å². The average Bonchev–Trinajstić information content (AvgIpc) is 1.72. The monoisotopic (exact) mass is 88.0 g/mol. The van der Waals surface area contributed by atoms with Gasteiger partial charge < -0.3 is 13.7 Å². The summed E-state index contributed by atoms with van der Waals surface area (Å²) in [7, 11) is 3.47. The van der Waals surface area contributed by atoms with E-state index in [0.717, 1.165) is 23.1 Å². The van der Waals surface area contributed by atoms with Crippen LogP contribution in [0.2, 0.25) is 0 Å². The van der Waals surface area contributed by atoms with E-state index >= 15 is 0 Å². The fourth-order valence-electron chi connectivity index (χ4n) is 0.164. The molecule has 0 saturated carbocycles. The predicted molar refractivity (Wildman–Crippen MR) is 26.3 cm³/mol. The molecule has 0 aromatic rings. The molecular formula is B3LiO3. The third kappa shape index (κ3) is 3.27. The third-order valence-corrected chi connectivity index (χ3v) is 0.333. The zero-order chi connectivity index (χ0) is 4.24. The normalized spacial score (nSPS) is 17.1. The van der Waals surface area contributed by atoms with Crippen molar-refractivity contribution in [2.75, 3.05) is 0 Å². The van der Waals surface area contributed by atoms with Gasteiger partial charge in [-0.05, 0) is 0 Å². The molecule has 0 aliphatic carbocycles. The van der Waals surface area contributed by atoms with Crippen LogP contribution in [-0.4, -0.2) is 41.9 Å². The Labute approximate surface area is 56.2 Å². The molecule has 0 aromatic heterocycles. The number of hydrogen-bond acceptors (Lipinski definition) is 3. The first-order valence-corrected chi connectivity index (χ1v) is 1.41. The molecule has 0 amide bonds. The molecule has 28 valence electrons. The van der Waals surface area contributed by atoms with Crippen molar-refractivity contribution in [1.29, 1.82) is 0 Å². The maximum absolute atomic E-state index is 4.34. The van der Waals surface area contributed by atoms with Gasteiger partial charge in [0, 0.05) is 18.9 Å². The topological polar surface area (TPSA) is 27.7 Å². The molecule has 0 atom stereocenters. The Hall–Kier alpha value is 0.672. The van der Waals surface area contributed by atoms with Crippen LogP contribution < -0.4 is 0 Å². The molecule has 1 aliphatic heterocycles. The van der Waals surface area contributed by atoms with Gasteiger partial charge in [-0.2, -0.15) is 0 Å². The molecule has 1 fully saturated rings. The fourth-order valence-corrected chi connectivity index (χ4v) is 0.164. The van der Waals surface area contributed by atoms with E-state index in [1.807, 2.05) is 0 Å². The first-order valence-electron chi connectivity index (χ1n) is 1.41. The molecule has 1 saturated heterocycles. The van der Waals surface area contributed by atoms with Crippen LogP contribution in [0.1, 0.15) is 0 Å². The molecule has 1 rings (SSSR count). The molecule has 1 aliphatic rings. The average molecular weight is 87.4 g/mol. The first kappa shape index (κ1) is 7.67. The first-order chi connectivity index (χ1) is 3.00. The Kier molecular flexibility index (Phi) is 5.29. The molecule has 3 nitrogen and oxygen atoms in total. The fraction of sp³-hybridized carbons (Fsp3) is 0. The molecule has 0 N–H and O–H groups in total. The molecule has 0 unspecified atom stereocenters. The van der Waals surface area contributed by atoms with Crippen molar-refractivity contribution >= 4 is 41.9 Å². The summed E-state index contributed by atoms with van der Waals surface area (Å²) in [5.74, 6) is 0. The van der Waals surface area contributed by atoms with Crippen molar-refractivity contribution in [3.8, 4) is 0 Å². The molecular weight excluding hydrogens is 87.4 g/mol. The molecule has 0 aromatic carbocycles.